The Kier molecular flexibility index (Phi) is 8.65. The largest absolute Gasteiger partial charge is 0.417 e. The maximum Gasteiger partial charge on any atom is 0.417 e. The Bertz CT molecular complexity index is 3470. The van der Waals surface area contributed by atoms with Gasteiger partial charge in [0.2, 0.25) is 0 Å². The molecule has 0 fully saturated rings. The highest BCUT2D eigenvalue weighted by Crippen LogP contribution is 2.47. The normalized spacial score (nSPS) is 12.0. The number of alkyl halides is 3. The number of benzene rings is 8. The molecule has 0 aliphatic carbocycles. The molecule has 8 aromatic carbocycles. The van der Waals surface area contributed by atoms with Crippen LogP contribution in [0.4, 0.5) is 13.2 Å². The van der Waals surface area contributed by atoms with Crippen LogP contribution in [-0.2, 0) is 6.18 Å². The zero-order valence-corrected chi connectivity index (χ0v) is 33.7. The van der Waals surface area contributed by atoms with Crippen LogP contribution in [0.1, 0.15) is 16.7 Å². The fraction of sp³-hybridized carbons (Fsp3) is 0.0556. The van der Waals surface area contributed by atoms with Crippen molar-refractivity contribution in [1.82, 2.24) is 24.1 Å². The van der Waals surface area contributed by atoms with Crippen LogP contribution in [0.15, 0.2) is 182 Å². The molecule has 0 aliphatic rings. The molecule has 11 aromatic rings. The van der Waals surface area contributed by atoms with Crippen LogP contribution in [-0.4, -0.2) is 24.1 Å². The highest BCUT2D eigenvalue weighted by Gasteiger charge is 2.37. The number of aryl methyl sites for hydroxylation is 2. The number of nitrogens with zero attached hydrogens (tertiary/aromatic N) is 5. The molecule has 8 heteroatoms. The molecule has 0 spiro atoms. The number of fused-ring (bicyclic) bond motifs is 6. The van der Waals surface area contributed by atoms with E-state index in [0.29, 0.717) is 40.0 Å². The first-order chi connectivity index (χ1) is 30.2. The third kappa shape index (κ3) is 6.14. The summed E-state index contributed by atoms with van der Waals surface area (Å²) in [6.07, 6.45) is -4.72. The summed E-state index contributed by atoms with van der Waals surface area (Å²) in [6.45, 7) is 4.08. The van der Waals surface area contributed by atoms with Gasteiger partial charge in [0.1, 0.15) is 0 Å². The minimum absolute atomic E-state index is 0.0405. The summed E-state index contributed by atoms with van der Waals surface area (Å²) in [5.74, 6) is 1.24. The van der Waals surface area contributed by atoms with Crippen molar-refractivity contribution in [3.8, 4) is 56.7 Å². The average molecular weight is 812 g/mol. The van der Waals surface area contributed by atoms with Crippen LogP contribution >= 0.6 is 0 Å². The van der Waals surface area contributed by atoms with Gasteiger partial charge < -0.3 is 9.13 Å². The van der Waals surface area contributed by atoms with E-state index in [-0.39, 0.29) is 5.56 Å². The van der Waals surface area contributed by atoms with Crippen molar-refractivity contribution in [1.29, 1.82) is 0 Å². The van der Waals surface area contributed by atoms with Crippen molar-refractivity contribution in [2.45, 2.75) is 20.0 Å². The average Bonchev–Trinajstić information content (AvgIpc) is 3.80. The number of rotatable bonds is 6. The molecule has 11 rings (SSSR count). The summed E-state index contributed by atoms with van der Waals surface area (Å²) in [6, 6.07) is 57.7. The van der Waals surface area contributed by atoms with Crippen molar-refractivity contribution in [2.24, 2.45) is 0 Å². The van der Waals surface area contributed by atoms with E-state index in [0.717, 1.165) is 65.9 Å². The Labute approximate surface area is 355 Å². The van der Waals surface area contributed by atoms with E-state index in [1.54, 1.807) is 6.07 Å². The van der Waals surface area contributed by atoms with Crippen LogP contribution in [0, 0.1) is 13.8 Å². The van der Waals surface area contributed by atoms with Gasteiger partial charge in [-0.25, -0.2) is 15.0 Å². The first kappa shape index (κ1) is 37.2. The van der Waals surface area contributed by atoms with Gasteiger partial charge in [0.25, 0.3) is 0 Å². The van der Waals surface area contributed by atoms with E-state index in [1.807, 2.05) is 158 Å². The topological polar surface area (TPSA) is 48.5 Å². The molecule has 62 heavy (non-hydrogen) atoms. The first-order valence-electron chi connectivity index (χ1n) is 20.4. The van der Waals surface area contributed by atoms with Gasteiger partial charge in [-0.2, -0.15) is 13.2 Å². The Hall–Kier alpha value is -7.84. The van der Waals surface area contributed by atoms with Gasteiger partial charge >= 0.3 is 6.18 Å². The summed E-state index contributed by atoms with van der Waals surface area (Å²) in [4.78, 5) is 14.9. The van der Waals surface area contributed by atoms with Crippen LogP contribution in [0.3, 0.4) is 0 Å². The van der Waals surface area contributed by atoms with Gasteiger partial charge in [-0.15, -0.1) is 0 Å². The number of aromatic nitrogens is 5. The number of hydrogen-bond acceptors (Lipinski definition) is 3. The summed E-state index contributed by atoms with van der Waals surface area (Å²) in [5.41, 5.74) is 8.25. The Morgan fingerprint density at radius 3 is 1.39 bits per heavy atom. The van der Waals surface area contributed by atoms with E-state index >= 15 is 13.2 Å². The van der Waals surface area contributed by atoms with E-state index in [9.17, 15) is 0 Å². The molecule has 3 aromatic heterocycles. The van der Waals surface area contributed by atoms with Gasteiger partial charge in [0.05, 0.1) is 39.0 Å². The zero-order chi connectivity index (χ0) is 42.1. The Balaban J connectivity index is 1.28. The highest BCUT2D eigenvalue weighted by atomic mass is 19.4. The monoisotopic (exact) mass is 811 g/mol. The second-order valence-electron chi connectivity index (χ2n) is 15.7. The van der Waals surface area contributed by atoms with Gasteiger partial charge in [-0.3, -0.25) is 0 Å². The van der Waals surface area contributed by atoms with Crippen LogP contribution in [0.25, 0.3) is 100 Å². The van der Waals surface area contributed by atoms with Gasteiger partial charge in [-0.05, 0) is 80.6 Å². The molecular weight excluding hydrogens is 776 g/mol. The van der Waals surface area contributed by atoms with Crippen LogP contribution < -0.4 is 0 Å². The number of para-hydroxylation sites is 2. The lowest BCUT2D eigenvalue weighted by Crippen LogP contribution is -2.11. The molecule has 5 nitrogen and oxygen atoms in total. The summed E-state index contributed by atoms with van der Waals surface area (Å²) < 4.78 is 51.8. The van der Waals surface area contributed by atoms with Crippen molar-refractivity contribution in [3.63, 3.8) is 0 Å². The van der Waals surface area contributed by atoms with Crippen molar-refractivity contribution >= 4 is 43.6 Å². The minimum Gasteiger partial charge on any atom is -0.309 e. The van der Waals surface area contributed by atoms with Crippen molar-refractivity contribution in [3.05, 3.63) is 199 Å². The maximum atomic E-state index is 15.9. The molecule has 0 amide bonds. The molecule has 3 heterocycles. The highest BCUT2D eigenvalue weighted by molar-refractivity contribution is 6.12. The second-order valence-corrected chi connectivity index (χ2v) is 15.7. The molecule has 0 bridgehead atoms. The molecule has 0 N–H and O–H groups in total. The fourth-order valence-electron chi connectivity index (χ4n) is 8.95. The molecular formula is C54H36F3N5. The van der Waals surface area contributed by atoms with E-state index < -0.39 is 11.7 Å². The number of halogens is 3. The van der Waals surface area contributed by atoms with E-state index in [1.165, 1.54) is 12.1 Å². The first-order valence-corrected chi connectivity index (χ1v) is 20.4. The molecule has 0 saturated carbocycles. The second kappa shape index (κ2) is 14.4. The van der Waals surface area contributed by atoms with Gasteiger partial charge in [0, 0.05) is 49.4 Å². The van der Waals surface area contributed by atoms with Gasteiger partial charge in [-0.1, -0.05) is 126 Å². The van der Waals surface area contributed by atoms with Crippen LogP contribution in [0.5, 0.6) is 0 Å². The third-order valence-corrected chi connectivity index (χ3v) is 11.7. The molecule has 0 saturated heterocycles. The van der Waals surface area contributed by atoms with Crippen molar-refractivity contribution in [2.75, 3.05) is 0 Å². The molecule has 0 aliphatic heterocycles. The Morgan fingerprint density at radius 2 is 0.855 bits per heavy atom. The predicted molar refractivity (Wildman–Crippen MR) is 245 cm³/mol. The SMILES string of the molecule is Cc1ccc2c(c1)c1ccccc1n2-c1ccc(-c2nc(-c3ccccc3)nc(-c3ccccc3)n2)cc1-c1c(-n2c3ccccc3c3cc(C)ccc32)cccc1C(F)(F)F. The molecule has 0 unspecified atom stereocenters. The lowest BCUT2D eigenvalue weighted by Gasteiger charge is -2.23. The smallest absolute Gasteiger partial charge is 0.309 e. The fourth-order valence-corrected chi connectivity index (χ4v) is 8.95. The summed E-state index contributed by atoms with van der Waals surface area (Å²) >= 11 is 0. The molecule has 298 valence electrons. The lowest BCUT2D eigenvalue weighted by molar-refractivity contribution is -0.137. The summed E-state index contributed by atoms with van der Waals surface area (Å²) in [7, 11) is 0. The predicted octanol–water partition coefficient (Wildman–Crippen LogP) is 14.4. The minimum atomic E-state index is -4.72. The lowest BCUT2D eigenvalue weighted by atomic mass is 9.93. The molecule has 0 atom stereocenters. The van der Waals surface area contributed by atoms with E-state index in [4.69, 9.17) is 15.0 Å². The van der Waals surface area contributed by atoms with E-state index in [2.05, 4.69) is 28.8 Å². The zero-order valence-electron chi connectivity index (χ0n) is 33.7. The quantitative estimate of drug-likeness (QED) is 0.168. The Morgan fingerprint density at radius 1 is 0.387 bits per heavy atom. The van der Waals surface area contributed by atoms with Gasteiger partial charge in [0.15, 0.2) is 17.5 Å². The van der Waals surface area contributed by atoms with Crippen molar-refractivity contribution < 1.29 is 13.2 Å². The third-order valence-electron chi connectivity index (χ3n) is 11.7. The molecule has 0 radical (unpaired) electrons. The summed E-state index contributed by atoms with van der Waals surface area (Å²) in [5, 5.41) is 3.92. The standard InChI is InChI=1S/C54H36F3N5/c1-33-24-27-46-40(30-33)38-18-9-11-21-44(38)61(46)48-29-26-37(53-59-51(35-14-5-3-6-15-35)58-52(60-53)36-16-7-4-8-17-36)32-42(48)50-43(54(55,56)57)20-13-23-49(50)62-45-22-12-10-19-39(45)41-31-34(2)25-28-47(41)62/h3-32H,1-2H3. The maximum absolute atomic E-state index is 15.9. The van der Waals surface area contributed by atoms with Crippen LogP contribution in [0.2, 0.25) is 0 Å². The number of hydrogen-bond donors (Lipinski definition) is 0.